The molecule has 0 saturated heterocycles. The Bertz CT molecular complexity index is 785. The highest BCUT2D eigenvalue weighted by Gasteiger charge is 2.16. The van der Waals surface area contributed by atoms with Gasteiger partial charge in [-0.3, -0.25) is 4.79 Å². The third kappa shape index (κ3) is 4.37. The standard InChI is InChI=1S/C22H27NO3/c1-4-19(18-8-5-15(2)13-16(18)3)23-22(24)10-7-17-6-9-20-21(14-17)26-12-11-25-20/h5-6,8-9,13-14,19H,4,7,10-12H2,1-3H3,(H,23,24)/t19-/m1/s1. The molecule has 26 heavy (non-hydrogen) atoms. The van der Waals surface area contributed by atoms with Crippen molar-refractivity contribution < 1.29 is 14.3 Å². The second kappa shape index (κ2) is 8.26. The van der Waals surface area contributed by atoms with Crippen LogP contribution in [0.25, 0.3) is 0 Å². The van der Waals surface area contributed by atoms with Crippen LogP contribution in [0.1, 0.15) is 48.1 Å². The van der Waals surface area contributed by atoms with Crippen molar-refractivity contribution in [1.82, 2.24) is 5.32 Å². The molecule has 1 aliphatic rings. The molecule has 0 aliphatic carbocycles. The molecule has 138 valence electrons. The molecular weight excluding hydrogens is 326 g/mol. The van der Waals surface area contributed by atoms with E-state index in [1.165, 1.54) is 16.7 Å². The van der Waals surface area contributed by atoms with E-state index in [-0.39, 0.29) is 11.9 Å². The van der Waals surface area contributed by atoms with E-state index in [2.05, 4.69) is 44.3 Å². The van der Waals surface area contributed by atoms with E-state index < -0.39 is 0 Å². The number of carbonyl (C=O) groups excluding carboxylic acids is 1. The van der Waals surface area contributed by atoms with E-state index in [0.717, 1.165) is 23.5 Å². The first kappa shape index (κ1) is 18.3. The molecule has 0 saturated carbocycles. The van der Waals surface area contributed by atoms with Crippen molar-refractivity contribution in [2.75, 3.05) is 13.2 Å². The van der Waals surface area contributed by atoms with Crippen LogP contribution < -0.4 is 14.8 Å². The van der Waals surface area contributed by atoms with Gasteiger partial charge in [0.1, 0.15) is 13.2 Å². The third-order valence-corrected chi connectivity index (χ3v) is 4.79. The number of amides is 1. The molecule has 0 aromatic heterocycles. The first-order valence-electron chi connectivity index (χ1n) is 9.32. The number of rotatable bonds is 6. The summed E-state index contributed by atoms with van der Waals surface area (Å²) in [6.45, 7) is 7.46. The Morgan fingerprint density at radius 1 is 1.08 bits per heavy atom. The van der Waals surface area contributed by atoms with Crippen molar-refractivity contribution in [3.63, 3.8) is 0 Å². The molecule has 1 amide bonds. The average Bonchev–Trinajstić information content (AvgIpc) is 2.65. The van der Waals surface area contributed by atoms with Gasteiger partial charge in [0.05, 0.1) is 6.04 Å². The van der Waals surface area contributed by atoms with E-state index in [1.54, 1.807) is 0 Å². The summed E-state index contributed by atoms with van der Waals surface area (Å²) in [5.74, 6) is 1.63. The fourth-order valence-corrected chi connectivity index (χ4v) is 3.38. The molecule has 2 aromatic rings. The summed E-state index contributed by atoms with van der Waals surface area (Å²) in [4.78, 5) is 12.5. The Labute approximate surface area is 155 Å². The average molecular weight is 353 g/mol. The monoisotopic (exact) mass is 353 g/mol. The van der Waals surface area contributed by atoms with Gasteiger partial charge in [-0.15, -0.1) is 0 Å². The molecule has 2 aromatic carbocycles. The van der Waals surface area contributed by atoms with Gasteiger partial charge in [-0.1, -0.05) is 36.8 Å². The van der Waals surface area contributed by atoms with Crippen LogP contribution in [-0.4, -0.2) is 19.1 Å². The van der Waals surface area contributed by atoms with E-state index in [1.807, 2.05) is 18.2 Å². The quantitative estimate of drug-likeness (QED) is 0.843. The Morgan fingerprint density at radius 2 is 1.85 bits per heavy atom. The first-order chi connectivity index (χ1) is 12.6. The normalized spacial score (nSPS) is 14.0. The lowest BCUT2D eigenvalue weighted by Gasteiger charge is -2.20. The Kier molecular flexibility index (Phi) is 5.82. The van der Waals surface area contributed by atoms with Gasteiger partial charge in [0.25, 0.3) is 0 Å². The second-order valence-electron chi connectivity index (χ2n) is 6.87. The third-order valence-electron chi connectivity index (χ3n) is 4.79. The van der Waals surface area contributed by atoms with Crippen molar-refractivity contribution in [2.24, 2.45) is 0 Å². The van der Waals surface area contributed by atoms with Gasteiger partial charge < -0.3 is 14.8 Å². The Balaban J connectivity index is 1.59. The number of ether oxygens (including phenoxy) is 2. The van der Waals surface area contributed by atoms with Crippen LogP contribution in [0.2, 0.25) is 0 Å². The van der Waals surface area contributed by atoms with Crippen LogP contribution >= 0.6 is 0 Å². The lowest BCUT2D eigenvalue weighted by molar-refractivity contribution is -0.121. The van der Waals surface area contributed by atoms with Crippen LogP contribution in [0.5, 0.6) is 11.5 Å². The van der Waals surface area contributed by atoms with Crippen LogP contribution in [0.3, 0.4) is 0 Å². The predicted molar refractivity (Wildman–Crippen MR) is 103 cm³/mol. The van der Waals surface area contributed by atoms with Gasteiger partial charge in [-0.2, -0.15) is 0 Å². The molecule has 0 bridgehead atoms. The molecule has 1 N–H and O–H groups in total. The summed E-state index contributed by atoms with van der Waals surface area (Å²) in [5.41, 5.74) is 4.75. The van der Waals surface area contributed by atoms with E-state index >= 15 is 0 Å². The van der Waals surface area contributed by atoms with E-state index in [0.29, 0.717) is 26.1 Å². The number of hydrogen-bond donors (Lipinski definition) is 1. The second-order valence-corrected chi connectivity index (χ2v) is 6.87. The molecular formula is C22H27NO3. The number of fused-ring (bicyclic) bond motifs is 1. The van der Waals surface area contributed by atoms with Crippen molar-refractivity contribution in [2.45, 2.75) is 46.1 Å². The van der Waals surface area contributed by atoms with Gasteiger partial charge in [-0.25, -0.2) is 0 Å². The first-order valence-corrected chi connectivity index (χ1v) is 9.32. The summed E-state index contributed by atoms with van der Waals surface area (Å²) in [6.07, 6.45) is 2.02. The summed E-state index contributed by atoms with van der Waals surface area (Å²) in [7, 11) is 0. The number of nitrogens with one attached hydrogen (secondary N) is 1. The highest BCUT2D eigenvalue weighted by Crippen LogP contribution is 2.31. The van der Waals surface area contributed by atoms with Crippen molar-refractivity contribution >= 4 is 5.91 Å². The molecule has 0 radical (unpaired) electrons. The zero-order valence-electron chi connectivity index (χ0n) is 15.8. The fraction of sp³-hybridized carbons (Fsp3) is 0.409. The summed E-state index contributed by atoms with van der Waals surface area (Å²) < 4.78 is 11.1. The van der Waals surface area contributed by atoms with Crippen LogP contribution in [0, 0.1) is 13.8 Å². The lowest BCUT2D eigenvalue weighted by Crippen LogP contribution is -2.28. The molecule has 4 nitrogen and oxygen atoms in total. The fourth-order valence-electron chi connectivity index (χ4n) is 3.38. The highest BCUT2D eigenvalue weighted by molar-refractivity contribution is 5.76. The van der Waals surface area contributed by atoms with Crippen LogP contribution in [0.15, 0.2) is 36.4 Å². The predicted octanol–water partition coefficient (Wildman–Crippen LogP) is 4.27. The Morgan fingerprint density at radius 3 is 2.58 bits per heavy atom. The smallest absolute Gasteiger partial charge is 0.220 e. The minimum atomic E-state index is 0.0587. The molecule has 1 aliphatic heterocycles. The van der Waals surface area contributed by atoms with Crippen molar-refractivity contribution in [3.8, 4) is 11.5 Å². The molecule has 0 unspecified atom stereocenters. The minimum Gasteiger partial charge on any atom is -0.486 e. The van der Waals surface area contributed by atoms with Gasteiger partial charge in [0, 0.05) is 6.42 Å². The van der Waals surface area contributed by atoms with Crippen LogP contribution in [-0.2, 0) is 11.2 Å². The van der Waals surface area contributed by atoms with Gasteiger partial charge in [0.2, 0.25) is 5.91 Å². The summed E-state index contributed by atoms with van der Waals surface area (Å²) >= 11 is 0. The zero-order chi connectivity index (χ0) is 18.5. The molecule has 0 spiro atoms. The van der Waals surface area contributed by atoms with Crippen molar-refractivity contribution in [1.29, 1.82) is 0 Å². The maximum atomic E-state index is 12.5. The topological polar surface area (TPSA) is 47.6 Å². The number of carbonyl (C=O) groups is 1. The zero-order valence-corrected chi connectivity index (χ0v) is 15.8. The minimum absolute atomic E-state index is 0.0587. The van der Waals surface area contributed by atoms with Crippen molar-refractivity contribution in [3.05, 3.63) is 58.7 Å². The molecule has 3 rings (SSSR count). The number of aryl methyl sites for hydroxylation is 3. The molecule has 0 fully saturated rings. The summed E-state index contributed by atoms with van der Waals surface area (Å²) in [5, 5.41) is 3.18. The van der Waals surface area contributed by atoms with E-state index in [4.69, 9.17) is 9.47 Å². The van der Waals surface area contributed by atoms with Crippen LogP contribution in [0.4, 0.5) is 0 Å². The highest BCUT2D eigenvalue weighted by atomic mass is 16.6. The van der Waals surface area contributed by atoms with Gasteiger partial charge >= 0.3 is 0 Å². The largest absolute Gasteiger partial charge is 0.486 e. The lowest BCUT2D eigenvalue weighted by atomic mass is 9.97. The number of benzene rings is 2. The van der Waals surface area contributed by atoms with Gasteiger partial charge in [-0.05, 0) is 55.5 Å². The molecule has 4 heteroatoms. The molecule has 1 atom stereocenters. The molecule has 1 heterocycles. The summed E-state index contributed by atoms with van der Waals surface area (Å²) in [6, 6.07) is 12.4. The number of hydrogen-bond acceptors (Lipinski definition) is 3. The van der Waals surface area contributed by atoms with Gasteiger partial charge in [0.15, 0.2) is 11.5 Å². The SMILES string of the molecule is CC[C@@H](NC(=O)CCc1ccc2c(c1)OCCO2)c1ccc(C)cc1C. The van der Waals surface area contributed by atoms with E-state index in [9.17, 15) is 4.79 Å². The maximum Gasteiger partial charge on any atom is 0.220 e. The maximum absolute atomic E-state index is 12.5. The Hall–Kier alpha value is -2.49.